The van der Waals surface area contributed by atoms with Crippen molar-refractivity contribution in [3.8, 4) is 21.6 Å². The minimum Gasteiger partial charge on any atom is -0.391 e. The third-order valence-electron chi connectivity index (χ3n) is 20.0. The van der Waals surface area contributed by atoms with E-state index < -0.39 is 63.0 Å². The molecule has 7 aromatic rings. The van der Waals surface area contributed by atoms with Crippen molar-refractivity contribution in [3.05, 3.63) is 112 Å². The number of likely N-dealkylation sites (tertiary alicyclic amines) is 1. The number of rotatable bonds is 24. The van der Waals surface area contributed by atoms with Gasteiger partial charge in [-0.2, -0.15) is 5.10 Å². The van der Waals surface area contributed by atoms with E-state index in [0.29, 0.717) is 53.6 Å². The van der Waals surface area contributed by atoms with Crippen molar-refractivity contribution in [3.63, 3.8) is 0 Å². The fraction of sp³-hybridized carbons (Fsp3) is 0.543. The average Bonchev–Trinajstić information content (AvgIpc) is 0.715. The van der Waals surface area contributed by atoms with Gasteiger partial charge in [-0.05, 0) is 148 Å². The SMILES string of the molecule is Cc1cc(C(=O)c2ccc(-c3cnn(CC45CC6(C)CC(C)(C4)CC(OCCN4CCOCC4)(C6)C5)c3C)c(S(=O)(=O)CCCCCC(=O)N[C@H](C(=O)N3C[C@@H](O)C[C@H]3C(=O)N[C@H](C)c3ccc(-c4scnc4C)cc3)C(C)(C)C)n2)nnc1Nc1nc2ccccc2s1. The van der Waals surface area contributed by atoms with E-state index in [1.54, 1.807) is 42.7 Å². The lowest BCUT2D eigenvalue weighted by molar-refractivity contribution is -0.249. The molecule has 2 aromatic carbocycles. The number of unbranched alkanes of at least 4 members (excludes halogenated alkanes) is 2. The van der Waals surface area contributed by atoms with Crippen molar-refractivity contribution in [2.45, 2.75) is 174 Å². The van der Waals surface area contributed by atoms with Crippen LogP contribution in [0.2, 0.25) is 0 Å². The molecule has 2 aliphatic heterocycles. The Bertz CT molecular complexity index is 4050. The highest BCUT2D eigenvalue weighted by molar-refractivity contribution is 7.91. The molecule has 2 saturated heterocycles. The second-order valence-corrected chi connectivity index (χ2v) is 33.1. The first-order valence-electron chi connectivity index (χ1n) is 33.0. The van der Waals surface area contributed by atoms with Crippen LogP contribution in [0, 0.1) is 42.4 Å². The van der Waals surface area contributed by atoms with E-state index in [9.17, 15) is 32.7 Å². The highest BCUT2D eigenvalue weighted by atomic mass is 32.2. The Balaban J connectivity index is 0.732. The molecule has 0 spiro atoms. The normalized spacial score (nSPS) is 24.4. The zero-order valence-electron chi connectivity index (χ0n) is 55.4. The number of aromatic nitrogens is 7. The van der Waals surface area contributed by atoms with Crippen LogP contribution in [0.25, 0.3) is 31.8 Å². The Hall–Kier alpha value is -6.93. The lowest BCUT2D eigenvalue weighted by Gasteiger charge is -2.69. The van der Waals surface area contributed by atoms with Gasteiger partial charge in [-0.15, -0.1) is 21.5 Å². The smallest absolute Gasteiger partial charge is 0.246 e. The summed E-state index contributed by atoms with van der Waals surface area (Å²) in [4.78, 5) is 75.4. The molecule has 0 radical (unpaired) electrons. The number of morpholine rings is 1. The van der Waals surface area contributed by atoms with Gasteiger partial charge in [0, 0.05) is 62.4 Å². The van der Waals surface area contributed by atoms with Crippen LogP contribution in [0.15, 0.2) is 83.5 Å². The van der Waals surface area contributed by atoms with Gasteiger partial charge in [-0.25, -0.2) is 23.4 Å². The highest BCUT2D eigenvalue weighted by Crippen LogP contribution is 2.72. The summed E-state index contributed by atoms with van der Waals surface area (Å²) in [5, 5.41) is 34.1. The molecular weight excluding hydrogens is 1250 g/mol. The number of hydrogen-bond acceptors (Lipinski definition) is 19. The number of ketones is 1. The van der Waals surface area contributed by atoms with E-state index in [-0.39, 0.29) is 69.8 Å². The summed E-state index contributed by atoms with van der Waals surface area (Å²) >= 11 is 3.03. The molecule has 21 nitrogen and oxygen atoms in total. The average molecular weight is 1340 g/mol. The molecule has 13 rings (SSSR count). The molecule has 6 atom stereocenters. The van der Waals surface area contributed by atoms with Crippen LogP contribution in [0.1, 0.15) is 157 Å². The number of pyridine rings is 1. The number of hydrogen-bond donors (Lipinski definition) is 4. The fourth-order valence-electron chi connectivity index (χ4n) is 16.5. The van der Waals surface area contributed by atoms with E-state index in [2.05, 4.69) is 54.9 Å². The van der Waals surface area contributed by atoms with Gasteiger partial charge >= 0.3 is 0 Å². The number of amides is 3. The topological polar surface area (TPSA) is 266 Å². The molecule has 4 aliphatic carbocycles. The lowest BCUT2D eigenvalue weighted by Crippen LogP contribution is -2.64. The number of thiazole rings is 2. The third kappa shape index (κ3) is 14.4. The minimum atomic E-state index is -4.23. The second-order valence-electron chi connectivity index (χ2n) is 29.2. The Labute approximate surface area is 558 Å². The number of nitrogens with zero attached hydrogens (tertiary/aromatic N) is 9. The van der Waals surface area contributed by atoms with Crippen molar-refractivity contribution in [1.82, 2.24) is 55.4 Å². The first-order valence-corrected chi connectivity index (χ1v) is 36.3. The number of aryl methyl sites for hydroxylation is 2. The zero-order valence-corrected chi connectivity index (χ0v) is 57.9. The summed E-state index contributed by atoms with van der Waals surface area (Å²) in [5.41, 5.74) is 6.79. The molecule has 4 bridgehead atoms. The standard InChI is InChI=1S/C70H88N12O9S3/c1-43-31-54(78-79-61(43)77-65-75-52-15-12-13-16-56(52)93-65)58(85)53-23-22-50(51-33-72-82(46(51)4)41-69-36-67(8)35-68(9,37-69)39-70(38-67,40-69)91-29-26-80-24-27-90-28-25-80)63(74-53)94(88,89)30-14-10-11-17-57(84)76-60(66(5,6)7)64(87)81-34-49(83)32-55(81)62(86)73-44(2)47-18-20-48(21-19-47)59-45(3)71-42-92-59/h12-13,15-16,18-23,31,33,42,44,49,55,60,83H,10-11,14,17,24-30,32,34-41H2,1-9H3,(H,73,86)(H,76,84)(H,75,77,79)/t44-,49+,55+,60-,67?,68?,69?,70?/m1/s1. The van der Waals surface area contributed by atoms with Gasteiger partial charge in [0.05, 0.1) is 75.8 Å². The molecule has 24 heteroatoms. The maximum atomic E-state index is 15.0. The Morgan fingerprint density at radius 3 is 2.31 bits per heavy atom. The van der Waals surface area contributed by atoms with E-state index >= 15 is 0 Å². The first kappa shape index (κ1) is 67.1. The number of anilines is 2. The molecule has 6 fully saturated rings. The van der Waals surface area contributed by atoms with Gasteiger partial charge in [-0.3, -0.25) is 28.8 Å². The Morgan fingerprint density at radius 1 is 0.862 bits per heavy atom. The number of sulfone groups is 1. The Kier molecular flexibility index (Phi) is 19.0. The summed E-state index contributed by atoms with van der Waals surface area (Å²) in [7, 11) is -4.23. The molecule has 7 heterocycles. The number of β-amino-alcohol motifs (C(OH)–C–C–N with tert-alkyl or cyclic N) is 1. The minimum absolute atomic E-state index is 0.00593. The number of aliphatic hydroxyl groups is 1. The molecule has 500 valence electrons. The molecule has 4 N–H and O–H groups in total. The highest BCUT2D eigenvalue weighted by Gasteiger charge is 2.66. The summed E-state index contributed by atoms with van der Waals surface area (Å²) in [6.45, 7) is 23.4. The molecule has 4 saturated carbocycles. The number of para-hydroxylation sites is 1. The monoisotopic (exact) mass is 1340 g/mol. The fourth-order valence-corrected chi connectivity index (χ4v) is 19.7. The van der Waals surface area contributed by atoms with Crippen LogP contribution >= 0.6 is 22.7 Å². The van der Waals surface area contributed by atoms with Gasteiger partial charge < -0.3 is 35.4 Å². The Morgan fingerprint density at radius 2 is 1.61 bits per heavy atom. The maximum Gasteiger partial charge on any atom is 0.246 e. The van der Waals surface area contributed by atoms with Crippen LogP contribution < -0.4 is 16.0 Å². The van der Waals surface area contributed by atoms with E-state index in [4.69, 9.17) is 19.6 Å². The number of carbonyl (C=O) groups is 4. The van der Waals surface area contributed by atoms with E-state index in [1.165, 1.54) is 16.2 Å². The maximum absolute atomic E-state index is 15.0. The van der Waals surface area contributed by atoms with Gasteiger partial charge in [-0.1, -0.05) is 88.8 Å². The summed E-state index contributed by atoms with van der Waals surface area (Å²) in [5.74, 6) is -1.81. The molecule has 3 amide bonds. The van der Waals surface area contributed by atoms with E-state index in [0.717, 1.165) is 109 Å². The second kappa shape index (κ2) is 26.6. The zero-order chi connectivity index (χ0) is 66.5. The van der Waals surface area contributed by atoms with Crippen molar-refractivity contribution >= 4 is 77.2 Å². The van der Waals surface area contributed by atoms with Crippen LogP contribution in [-0.4, -0.2) is 157 Å². The molecule has 5 aromatic heterocycles. The summed E-state index contributed by atoms with van der Waals surface area (Å²) < 4.78 is 45.7. The number of carbonyl (C=O) groups excluding carboxylic acids is 4. The van der Waals surface area contributed by atoms with Gasteiger partial charge in [0.25, 0.3) is 0 Å². The predicted molar refractivity (Wildman–Crippen MR) is 362 cm³/mol. The number of aliphatic hydroxyl groups excluding tert-OH is 1. The van der Waals surface area contributed by atoms with Gasteiger partial charge in [0.2, 0.25) is 23.5 Å². The molecular formula is C70H88N12O9S3. The summed E-state index contributed by atoms with van der Waals surface area (Å²) in [6, 6.07) is 18.1. The van der Waals surface area contributed by atoms with Crippen molar-refractivity contribution in [2.75, 3.05) is 57.1 Å². The lowest BCUT2D eigenvalue weighted by atomic mass is 9.39. The van der Waals surface area contributed by atoms with Crippen molar-refractivity contribution < 1.29 is 42.2 Å². The van der Waals surface area contributed by atoms with Crippen molar-refractivity contribution in [1.29, 1.82) is 0 Å². The third-order valence-corrected chi connectivity index (χ3v) is 23.6. The van der Waals surface area contributed by atoms with Crippen LogP contribution in [0.4, 0.5) is 10.9 Å². The van der Waals surface area contributed by atoms with E-state index in [1.807, 2.05) is 100 Å². The number of fused-ring (bicyclic) bond motifs is 1. The first-order chi connectivity index (χ1) is 44.7. The number of benzene rings is 2. The molecule has 94 heavy (non-hydrogen) atoms. The van der Waals surface area contributed by atoms with Gasteiger partial charge in [0.15, 0.2) is 25.8 Å². The molecule has 6 aliphatic rings. The number of ether oxygens (including phenoxy) is 2. The van der Waals surface area contributed by atoms with Crippen LogP contribution in [0.3, 0.4) is 0 Å². The van der Waals surface area contributed by atoms with Crippen molar-refractivity contribution in [2.24, 2.45) is 21.7 Å². The predicted octanol–water partition coefficient (Wildman–Crippen LogP) is 10.5. The quantitative estimate of drug-likeness (QED) is 0.0324. The number of nitrogens with one attached hydrogen (secondary N) is 3. The molecule has 2 unspecified atom stereocenters. The summed E-state index contributed by atoms with van der Waals surface area (Å²) in [6.07, 6.45) is 7.86. The van der Waals surface area contributed by atoms with Gasteiger partial charge in [0.1, 0.15) is 23.5 Å². The van der Waals surface area contributed by atoms with Crippen LogP contribution in [0.5, 0.6) is 0 Å². The largest absolute Gasteiger partial charge is 0.391 e. The van der Waals surface area contributed by atoms with Crippen LogP contribution in [-0.2, 0) is 40.2 Å².